The normalized spacial score (nSPS) is 16.0. The molecule has 1 aliphatic rings. The van der Waals surface area contributed by atoms with E-state index >= 15 is 0 Å². The maximum absolute atomic E-state index is 13.0. The van der Waals surface area contributed by atoms with Crippen molar-refractivity contribution in [3.8, 4) is 0 Å². The molecule has 2 heterocycles. The van der Waals surface area contributed by atoms with E-state index in [1.165, 1.54) is 0 Å². The van der Waals surface area contributed by atoms with Crippen LogP contribution in [0.25, 0.3) is 11.0 Å². The molecule has 0 saturated carbocycles. The minimum Gasteiger partial charge on any atom is -0.462 e. The first kappa shape index (κ1) is 18.7. The van der Waals surface area contributed by atoms with Crippen LogP contribution in [0.4, 0.5) is 5.95 Å². The molecule has 6 heteroatoms. The fourth-order valence-electron chi connectivity index (χ4n) is 3.58. The number of carbonyl (C=O) groups is 1. The zero-order chi connectivity index (χ0) is 19.7. The van der Waals surface area contributed by atoms with Crippen molar-refractivity contribution in [1.29, 1.82) is 0 Å². The minimum absolute atomic E-state index is 0.283. The van der Waals surface area contributed by atoms with E-state index in [1.54, 1.807) is 0 Å². The summed E-state index contributed by atoms with van der Waals surface area (Å²) in [6.45, 7) is 4.41. The number of benzene rings is 2. The molecule has 1 atom stereocenters. The van der Waals surface area contributed by atoms with Crippen LogP contribution in [0, 0.1) is 0 Å². The fourth-order valence-corrected chi connectivity index (χ4v) is 3.84. The van der Waals surface area contributed by atoms with Crippen molar-refractivity contribution < 1.29 is 9.53 Å². The minimum atomic E-state index is -0.300. The largest absolute Gasteiger partial charge is 0.462 e. The number of hydrogen-bond donors (Lipinski definition) is 1. The first-order chi connectivity index (χ1) is 13.6. The number of rotatable bonds is 5. The Hall–Kier alpha value is -2.60. The van der Waals surface area contributed by atoms with Crippen LogP contribution in [0.15, 0.2) is 64.3 Å². The second-order valence-corrected chi connectivity index (χ2v) is 7.82. The Morgan fingerprint density at radius 3 is 2.71 bits per heavy atom. The highest BCUT2D eigenvalue weighted by Gasteiger charge is 2.34. The van der Waals surface area contributed by atoms with Gasteiger partial charge in [-0.25, -0.2) is 9.78 Å². The Bertz CT molecular complexity index is 1050. The van der Waals surface area contributed by atoms with Crippen molar-refractivity contribution in [2.45, 2.75) is 32.7 Å². The number of anilines is 1. The highest BCUT2D eigenvalue weighted by Crippen LogP contribution is 2.39. The number of imidazole rings is 1. The number of nitrogens with zero attached hydrogens (tertiary/aromatic N) is 2. The van der Waals surface area contributed by atoms with Crippen LogP contribution in [0.3, 0.4) is 0 Å². The molecule has 0 radical (unpaired) electrons. The molecule has 144 valence electrons. The number of aromatic nitrogens is 2. The van der Waals surface area contributed by atoms with Crippen LogP contribution < -0.4 is 5.32 Å². The van der Waals surface area contributed by atoms with Crippen LogP contribution in [-0.2, 0) is 9.53 Å². The molecular weight excluding hydrogens is 418 g/mol. The lowest BCUT2D eigenvalue weighted by molar-refractivity contribution is -0.139. The first-order valence-corrected chi connectivity index (χ1v) is 10.3. The molecule has 0 spiro atoms. The summed E-state index contributed by atoms with van der Waals surface area (Å²) < 4.78 is 8.67. The van der Waals surface area contributed by atoms with E-state index in [0.29, 0.717) is 12.2 Å². The van der Waals surface area contributed by atoms with Gasteiger partial charge in [0.05, 0.1) is 29.3 Å². The lowest BCUT2D eigenvalue weighted by Gasteiger charge is -2.30. The molecule has 0 fully saturated rings. The third kappa shape index (κ3) is 3.33. The predicted molar refractivity (Wildman–Crippen MR) is 114 cm³/mol. The molecule has 28 heavy (non-hydrogen) atoms. The summed E-state index contributed by atoms with van der Waals surface area (Å²) in [4.78, 5) is 17.8. The molecule has 4 rings (SSSR count). The number of esters is 1. The van der Waals surface area contributed by atoms with Crippen molar-refractivity contribution in [3.05, 3.63) is 69.8 Å². The molecular formula is C22H22BrN3O2. The standard InChI is InChI=1S/C22H22BrN3O2/c1-3-4-13-28-21(27)19-14(2)24-22-25-17-7-5-6-8-18(17)26(22)20(19)15-9-11-16(23)12-10-15/h5-12,20H,3-4,13H2,1-2H3,(H,24,25)/t20-/m1/s1. The second-order valence-electron chi connectivity index (χ2n) is 6.90. The van der Waals surface area contributed by atoms with Gasteiger partial charge in [0.15, 0.2) is 0 Å². The van der Waals surface area contributed by atoms with Crippen LogP contribution >= 0.6 is 15.9 Å². The number of halogens is 1. The maximum atomic E-state index is 13.0. The predicted octanol–water partition coefficient (Wildman–Crippen LogP) is 5.43. The van der Waals surface area contributed by atoms with Crippen molar-refractivity contribution in [2.75, 3.05) is 11.9 Å². The van der Waals surface area contributed by atoms with Gasteiger partial charge in [0.2, 0.25) is 5.95 Å². The number of carbonyl (C=O) groups excluding carboxylic acids is 1. The maximum Gasteiger partial charge on any atom is 0.338 e. The summed E-state index contributed by atoms with van der Waals surface area (Å²) in [6.07, 6.45) is 1.84. The molecule has 0 amide bonds. The van der Waals surface area contributed by atoms with Gasteiger partial charge in [0.1, 0.15) is 0 Å². The molecule has 0 aliphatic carbocycles. The highest BCUT2D eigenvalue weighted by atomic mass is 79.9. The summed E-state index contributed by atoms with van der Waals surface area (Å²) in [5.41, 5.74) is 4.27. The van der Waals surface area contributed by atoms with Gasteiger partial charge in [-0.1, -0.05) is 53.5 Å². The smallest absolute Gasteiger partial charge is 0.338 e. The molecule has 0 saturated heterocycles. The Kier molecular flexibility index (Phi) is 5.22. The van der Waals surface area contributed by atoms with Crippen LogP contribution in [0.2, 0.25) is 0 Å². The van der Waals surface area contributed by atoms with Crippen LogP contribution in [0.5, 0.6) is 0 Å². The van der Waals surface area contributed by atoms with Crippen LogP contribution in [0.1, 0.15) is 38.3 Å². The zero-order valence-electron chi connectivity index (χ0n) is 15.9. The lowest BCUT2D eigenvalue weighted by atomic mass is 9.95. The summed E-state index contributed by atoms with van der Waals surface area (Å²) in [5, 5.41) is 3.30. The first-order valence-electron chi connectivity index (χ1n) is 9.47. The Morgan fingerprint density at radius 2 is 1.96 bits per heavy atom. The van der Waals surface area contributed by atoms with Gasteiger partial charge in [0, 0.05) is 10.2 Å². The number of hydrogen-bond acceptors (Lipinski definition) is 4. The Labute approximate surface area is 172 Å². The summed E-state index contributed by atoms with van der Waals surface area (Å²) in [5.74, 6) is 0.450. The molecule has 5 nitrogen and oxygen atoms in total. The Morgan fingerprint density at radius 1 is 1.21 bits per heavy atom. The van der Waals surface area contributed by atoms with E-state index < -0.39 is 0 Å². The number of allylic oxidation sites excluding steroid dienone is 1. The summed E-state index contributed by atoms with van der Waals surface area (Å²) >= 11 is 3.50. The number of unbranched alkanes of at least 4 members (excludes halogenated alkanes) is 1. The third-order valence-corrected chi connectivity index (χ3v) is 5.50. The van der Waals surface area contributed by atoms with E-state index in [1.807, 2.05) is 55.5 Å². The number of nitrogens with one attached hydrogen (secondary N) is 1. The lowest BCUT2D eigenvalue weighted by Crippen LogP contribution is -2.29. The van der Waals surface area contributed by atoms with Gasteiger partial charge in [0.25, 0.3) is 0 Å². The summed E-state index contributed by atoms with van der Waals surface area (Å²) in [6, 6.07) is 15.7. The highest BCUT2D eigenvalue weighted by molar-refractivity contribution is 9.10. The third-order valence-electron chi connectivity index (χ3n) is 4.97. The molecule has 1 aromatic heterocycles. The van der Waals surface area contributed by atoms with Gasteiger partial charge >= 0.3 is 5.97 Å². The topological polar surface area (TPSA) is 56.1 Å². The molecule has 2 aromatic carbocycles. The van der Waals surface area contributed by atoms with E-state index in [-0.39, 0.29) is 12.0 Å². The van der Waals surface area contributed by atoms with Gasteiger partial charge in [-0.2, -0.15) is 0 Å². The summed E-state index contributed by atoms with van der Waals surface area (Å²) in [7, 11) is 0. The van der Waals surface area contributed by atoms with E-state index in [9.17, 15) is 4.79 Å². The van der Waals surface area contributed by atoms with E-state index in [2.05, 4.69) is 32.7 Å². The van der Waals surface area contributed by atoms with E-state index in [0.717, 1.165) is 45.6 Å². The quantitative estimate of drug-likeness (QED) is 0.425. The molecule has 1 N–H and O–H groups in total. The van der Waals surface area contributed by atoms with Crippen molar-refractivity contribution in [1.82, 2.24) is 9.55 Å². The zero-order valence-corrected chi connectivity index (χ0v) is 17.5. The average Bonchev–Trinajstić information content (AvgIpc) is 3.05. The van der Waals surface area contributed by atoms with Crippen molar-refractivity contribution in [2.24, 2.45) is 0 Å². The fraction of sp³-hybridized carbons (Fsp3) is 0.273. The molecule has 3 aromatic rings. The van der Waals surface area contributed by atoms with Gasteiger partial charge < -0.3 is 10.1 Å². The van der Waals surface area contributed by atoms with Gasteiger partial charge in [-0.05, 0) is 43.2 Å². The Balaban J connectivity index is 1.86. The average molecular weight is 440 g/mol. The number of ether oxygens (including phenoxy) is 1. The SMILES string of the molecule is CCCCOC(=O)C1=C(C)Nc2nc3ccccc3n2[C@@H]1c1ccc(Br)cc1. The molecule has 1 aliphatic heterocycles. The van der Waals surface area contributed by atoms with Crippen LogP contribution in [-0.4, -0.2) is 22.1 Å². The van der Waals surface area contributed by atoms with Crippen molar-refractivity contribution >= 4 is 38.9 Å². The van der Waals surface area contributed by atoms with Crippen molar-refractivity contribution in [3.63, 3.8) is 0 Å². The molecule has 0 bridgehead atoms. The number of fused-ring (bicyclic) bond motifs is 3. The number of para-hydroxylation sites is 2. The van der Waals surface area contributed by atoms with E-state index in [4.69, 9.17) is 9.72 Å². The monoisotopic (exact) mass is 439 g/mol. The van der Waals surface area contributed by atoms with Gasteiger partial charge in [-0.3, -0.25) is 4.57 Å². The molecule has 0 unspecified atom stereocenters. The van der Waals surface area contributed by atoms with Gasteiger partial charge in [-0.15, -0.1) is 0 Å². The second kappa shape index (κ2) is 7.80.